The molecule has 3 aromatic rings. The van der Waals surface area contributed by atoms with E-state index in [1.165, 1.54) is 18.3 Å². The highest BCUT2D eigenvalue weighted by atomic mass is 16.5. The molecule has 0 saturated heterocycles. The van der Waals surface area contributed by atoms with Crippen molar-refractivity contribution in [2.75, 3.05) is 12.0 Å². The number of esters is 1. The van der Waals surface area contributed by atoms with Gasteiger partial charge in [-0.15, -0.1) is 0 Å². The Morgan fingerprint density at radius 2 is 1.88 bits per heavy atom. The summed E-state index contributed by atoms with van der Waals surface area (Å²) in [4.78, 5) is 46.4. The number of nitrogens with one attached hydrogen (secondary N) is 2. The van der Waals surface area contributed by atoms with Crippen molar-refractivity contribution in [2.45, 2.75) is 38.4 Å². The molecule has 0 aliphatic carbocycles. The SMILES string of the molecule is COC(=O)[C@H](C)N(C(=O)[C@H](C)NC(=O)[C@@H](N)Cc1c[nH]cn1)c1ccc2ccccc2c1. The molecule has 2 amide bonds. The third-order valence-corrected chi connectivity index (χ3v) is 5.23. The third kappa shape index (κ3) is 5.12. The Morgan fingerprint density at radius 3 is 2.53 bits per heavy atom. The Bertz CT molecular complexity index is 1100. The van der Waals surface area contributed by atoms with Crippen LogP contribution in [0.2, 0.25) is 0 Å². The minimum Gasteiger partial charge on any atom is -0.467 e. The number of methoxy groups -OCH3 is 1. The van der Waals surface area contributed by atoms with E-state index in [9.17, 15) is 14.4 Å². The van der Waals surface area contributed by atoms with E-state index in [-0.39, 0.29) is 6.42 Å². The Labute approximate surface area is 185 Å². The summed E-state index contributed by atoms with van der Waals surface area (Å²) < 4.78 is 4.86. The molecule has 168 valence electrons. The standard InChI is InChI=1S/C23H27N5O4/c1-14(27-21(29)20(24)11-18-12-25-13-26-18)22(30)28(15(2)23(31)32-3)19-9-8-16-6-4-5-7-17(16)10-19/h4-10,12-15,20H,11,24H2,1-3H3,(H,25,26)(H,27,29)/t14-,15-,20-/m0/s1. The molecule has 0 aliphatic heterocycles. The van der Waals surface area contributed by atoms with Crippen LogP contribution >= 0.6 is 0 Å². The zero-order valence-electron chi connectivity index (χ0n) is 18.2. The lowest BCUT2D eigenvalue weighted by molar-refractivity contribution is -0.143. The van der Waals surface area contributed by atoms with Crippen molar-refractivity contribution in [1.29, 1.82) is 0 Å². The second-order valence-electron chi connectivity index (χ2n) is 7.54. The number of carbonyl (C=O) groups excluding carboxylic acids is 3. The number of fused-ring (bicyclic) bond motifs is 1. The van der Waals surface area contributed by atoms with Gasteiger partial charge in [-0.1, -0.05) is 30.3 Å². The van der Waals surface area contributed by atoms with Crippen LogP contribution < -0.4 is 16.0 Å². The molecule has 0 aliphatic rings. The van der Waals surface area contributed by atoms with Gasteiger partial charge in [0.05, 0.1) is 25.2 Å². The van der Waals surface area contributed by atoms with Crippen LogP contribution in [0.15, 0.2) is 55.0 Å². The number of benzene rings is 2. The molecule has 0 unspecified atom stereocenters. The van der Waals surface area contributed by atoms with Gasteiger partial charge in [0.15, 0.2) is 0 Å². The fraction of sp³-hybridized carbons (Fsp3) is 0.304. The van der Waals surface area contributed by atoms with Crippen LogP contribution in [0.3, 0.4) is 0 Å². The molecule has 3 rings (SSSR count). The van der Waals surface area contributed by atoms with Gasteiger partial charge in [-0.3, -0.25) is 14.5 Å². The summed E-state index contributed by atoms with van der Waals surface area (Å²) in [6.45, 7) is 3.14. The van der Waals surface area contributed by atoms with Crippen LogP contribution in [0.4, 0.5) is 5.69 Å². The number of ether oxygens (including phenoxy) is 1. The summed E-state index contributed by atoms with van der Waals surface area (Å²) in [5.74, 6) is -1.52. The van der Waals surface area contributed by atoms with Gasteiger partial charge in [-0.05, 0) is 36.8 Å². The molecule has 9 heteroatoms. The highest BCUT2D eigenvalue weighted by Crippen LogP contribution is 2.25. The quantitative estimate of drug-likeness (QED) is 0.458. The number of nitrogens with two attached hydrogens (primary N) is 1. The molecule has 0 bridgehead atoms. The molecule has 0 fully saturated rings. The van der Waals surface area contributed by atoms with E-state index in [1.807, 2.05) is 36.4 Å². The molecular weight excluding hydrogens is 410 g/mol. The lowest BCUT2D eigenvalue weighted by Gasteiger charge is -2.30. The van der Waals surface area contributed by atoms with Crippen molar-refractivity contribution in [2.24, 2.45) is 5.73 Å². The van der Waals surface area contributed by atoms with Gasteiger partial charge in [0.1, 0.15) is 12.1 Å². The van der Waals surface area contributed by atoms with E-state index in [1.54, 1.807) is 26.1 Å². The van der Waals surface area contributed by atoms with Gasteiger partial charge < -0.3 is 20.8 Å². The van der Waals surface area contributed by atoms with E-state index in [0.29, 0.717) is 11.4 Å². The maximum Gasteiger partial charge on any atom is 0.328 e. The third-order valence-electron chi connectivity index (χ3n) is 5.23. The lowest BCUT2D eigenvalue weighted by atomic mass is 10.1. The van der Waals surface area contributed by atoms with Gasteiger partial charge in [0.25, 0.3) is 0 Å². The second-order valence-corrected chi connectivity index (χ2v) is 7.54. The van der Waals surface area contributed by atoms with Crippen LogP contribution in [0.5, 0.6) is 0 Å². The van der Waals surface area contributed by atoms with Gasteiger partial charge in [0.2, 0.25) is 11.8 Å². The number of anilines is 1. The number of hydrogen-bond donors (Lipinski definition) is 3. The second kappa shape index (κ2) is 10.1. The predicted molar refractivity (Wildman–Crippen MR) is 121 cm³/mol. The molecule has 32 heavy (non-hydrogen) atoms. The molecule has 1 heterocycles. The highest BCUT2D eigenvalue weighted by molar-refractivity contribution is 6.04. The van der Waals surface area contributed by atoms with Crippen molar-refractivity contribution in [3.05, 3.63) is 60.7 Å². The number of aromatic nitrogens is 2. The van der Waals surface area contributed by atoms with Crippen molar-refractivity contribution in [3.63, 3.8) is 0 Å². The molecule has 1 aromatic heterocycles. The Hall–Kier alpha value is -3.72. The summed E-state index contributed by atoms with van der Waals surface area (Å²) in [7, 11) is 1.27. The summed E-state index contributed by atoms with van der Waals surface area (Å²) in [5.41, 5.74) is 7.14. The maximum atomic E-state index is 13.4. The minimum atomic E-state index is -0.925. The Kier molecular flexibility index (Phi) is 7.21. The largest absolute Gasteiger partial charge is 0.467 e. The zero-order valence-corrected chi connectivity index (χ0v) is 18.2. The first-order valence-electron chi connectivity index (χ1n) is 10.2. The molecular formula is C23H27N5O4. The molecule has 2 aromatic carbocycles. The van der Waals surface area contributed by atoms with Crippen LogP contribution in [0.1, 0.15) is 19.5 Å². The summed E-state index contributed by atoms with van der Waals surface area (Å²) in [6.07, 6.45) is 3.38. The van der Waals surface area contributed by atoms with Crippen LogP contribution in [-0.4, -0.2) is 53.0 Å². The summed E-state index contributed by atoms with van der Waals surface area (Å²) in [5, 5.41) is 4.56. The van der Waals surface area contributed by atoms with Crippen molar-refractivity contribution in [3.8, 4) is 0 Å². The summed E-state index contributed by atoms with van der Waals surface area (Å²) in [6, 6.07) is 10.5. The Balaban J connectivity index is 1.82. The summed E-state index contributed by atoms with van der Waals surface area (Å²) >= 11 is 0. The first kappa shape index (κ1) is 23.0. The lowest BCUT2D eigenvalue weighted by Crippen LogP contribution is -2.55. The van der Waals surface area contributed by atoms with Crippen molar-refractivity contribution >= 4 is 34.2 Å². The van der Waals surface area contributed by atoms with Gasteiger partial charge >= 0.3 is 5.97 Å². The van der Waals surface area contributed by atoms with E-state index >= 15 is 0 Å². The minimum absolute atomic E-state index is 0.225. The van der Waals surface area contributed by atoms with Crippen LogP contribution in [-0.2, 0) is 25.5 Å². The van der Waals surface area contributed by atoms with Gasteiger partial charge in [-0.25, -0.2) is 9.78 Å². The number of amides is 2. The number of aromatic amines is 1. The number of imidazole rings is 1. The van der Waals surface area contributed by atoms with Gasteiger partial charge in [-0.2, -0.15) is 0 Å². The van der Waals surface area contributed by atoms with E-state index in [2.05, 4.69) is 15.3 Å². The van der Waals surface area contributed by atoms with Crippen molar-refractivity contribution in [1.82, 2.24) is 15.3 Å². The number of H-pyrrole nitrogens is 1. The van der Waals surface area contributed by atoms with Gasteiger partial charge in [0, 0.05) is 18.3 Å². The molecule has 3 atom stereocenters. The molecule has 9 nitrogen and oxygen atoms in total. The average molecular weight is 438 g/mol. The number of nitrogens with zero attached hydrogens (tertiary/aromatic N) is 2. The van der Waals surface area contributed by atoms with Crippen molar-refractivity contribution < 1.29 is 19.1 Å². The molecule has 0 radical (unpaired) electrons. The smallest absolute Gasteiger partial charge is 0.328 e. The highest BCUT2D eigenvalue weighted by Gasteiger charge is 2.32. The van der Waals surface area contributed by atoms with E-state index < -0.39 is 35.9 Å². The fourth-order valence-corrected chi connectivity index (χ4v) is 3.46. The normalized spacial score (nSPS) is 13.8. The molecule has 4 N–H and O–H groups in total. The van der Waals surface area contributed by atoms with E-state index in [4.69, 9.17) is 10.5 Å². The monoisotopic (exact) mass is 437 g/mol. The number of hydrogen-bond acceptors (Lipinski definition) is 6. The topological polar surface area (TPSA) is 130 Å². The molecule has 0 spiro atoms. The fourth-order valence-electron chi connectivity index (χ4n) is 3.46. The number of rotatable bonds is 8. The van der Waals surface area contributed by atoms with Crippen LogP contribution in [0.25, 0.3) is 10.8 Å². The first-order chi connectivity index (χ1) is 15.3. The van der Waals surface area contributed by atoms with E-state index in [0.717, 1.165) is 10.8 Å². The Morgan fingerprint density at radius 1 is 1.16 bits per heavy atom. The zero-order chi connectivity index (χ0) is 23.3. The first-order valence-corrected chi connectivity index (χ1v) is 10.2. The van der Waals surface area contributed by atoms with Crippen LogP contribution in [0, 0.1) is 0 Å². The molecule has 0 saturated carbocycles. The predicted octanol–water partition coefficient (Wildman–Crippen LogP) is 1.53. The maximum absolute atomic E-state index is 13.4. The number of carbonyl (C=O) groups is 3. The average Bonchev–Trinajstić information content (AvgIpc) is 3.31.